The second-order valence-corrected chi connectivity index (χ2v) is 7.19. The van der Waals surface area contributed by atoms with Crippen molar-refractivity contribution in [1.82, 2.24) is 10.2 Å². The number of methoxy groups -OCH3 is 1. The van der Waals surface area contributed by atoms with Gasteiger partial charge >= 0.3 is 6.09 Å². The van der Waals surface area contributed by atoms with Crippen LogP contribution in [0.3, 0.4) is 0 Å². The molecule has 27 heavy (non-hydrogen) atoms. The van der Waals surface area contributed by atoms with Gasteiger partial charge in [0.2, 0.25) is 5.91 Å². The van der Waals surface area contributed by atoms with Crippen molar-refractivity contribution < 1.29 is 19.1 Å². The average Bonchev–Trinajstić information content (AvgIpc) is 2.93. The summed E-state index contributed by atoms with van der Waals surface area (Å²) < 4.78 is 10.4. The number of carbonyl (C=O) groups excluding carboxylic acids is 2. The zero-order chi connectivity index (χ0) is 19.1. The highest BCUT2D eigenvalue weighted by Gasteiger charge is 2.20. The van der Waals surface area contributed by atoms with E-state index in [1.54, 1.807) is 23.8 Å². The largest absolute Gasteiger partial charge is 0.497 e. The number of nitrogens with one attached hydrogen (secondary N) is 1. The van der Waals surface area contributed by atoms with Crippen molar-refractivity contribution in [1.29, 1.82) is 0 Å². The number of thioether (sulfide) groups is 1. The highest BCUT2D eigenvalue weighted by Crippen LogP contribution is 2.30. The standard InChI is InChI=1S/C20H22N2O4S/c1-25-17-7-8-18-16(11-17)13-22(9-10-27-18)19(23)12-21-20(24)26-14-15-5-3-2-4-6-15/h2-8,11H,9-10,12-14H2,1H3,(H,21,24). The zero-order valence-corrected chi connectivity index (χ0v) is 16.0. The summed E-state index contributed by atoms with van der Waals surface area (Å²) in [6, 6.07) is 15.3. The molecule has 2 amide bonds. The summed E-state index contributed by atoms with van der Waals surface area (Å²) in [5.74, 6) is 1.44. The Balaban J connectivity index is 1.50. The van der Waals surface area contributed by atoms with E-state index in [4.69, 9.17) is 9.47 Å². The summed E-state index contributed by atoms with van der Waals surface area (Å²) in [5, 5.41) is 2.53. The van der Waals surface area contributed by atoms with Gasteiger partial charge in [-0.2, -0.15) is 0 Å². The summed E-state index contributed by atoms with van der Waals surface area (Å²) in [6.45, 7) is 1.21. The number of nitrogens with zero attached hydrogens (tertiary/aromatic N) is 1. The number of rotatable bonds is 5. The van der Waals surface area contributed by atoms with Gasteiger partial charge in [-0.05, 0) is 29.3 Å². The molecule has 0 saturated carbocycles. The summed E-state index contributed by atoms with van der Waals surface area (Å²) in [7, 11) is 1.62. The maximum atomic E-state index is 12.5. The third-order valence-corrected chi connectivity index (χ3v) is 5.29. The minimum Gasteiger partial charge on any atom is -0.497 e. The van der Waals surface area contributed by atoms with E-state index >= 15 is 0 Å². The molecule has 0 spiro atoms. The van der Waals surface area contributed by atoms with E-state index in [1.165, 1.54) is 0 Å². The fraction of sp³-hybridized carbons (Fsp3) is 0.300. The highest BCUT2D eigenvalue weighted by molar-refractivity contribution is 7.99. The first kappa shape index (κ1) is 19.1. The van der Waals surface area contributed by atoms with Crippen LogP contribution in [0.25, 0.3) is 0 Å². The smallest absolute Gasteiger partial charge is 0.407 e. The van der Waals surface area contributed by atoms with E-state index in [0.29, 0.717) is 13.1 Å². The second-order valence-electron chi connectivity index (χ2n) is 6.05. The van der Waals surface area contributed by atoms with Crippen LogP contribution in [0.1, 0.15) is 11.1 Å². The quantitative estimate of drug-likeness (QED) is 0.855. The van der Waals surface area contributed by atoms with Crippen molar-refractivity contribution in [2.24, 2.45) is 0 Å². The van der Waals surface area contributed by atoms with E-state index < -0.39 is 6.09 Å². The Hall–Kier alpha value is -2.67. The van der Waals surface area contributed by atoms with Gasteiger partial charge in [0.05, 0.1) is 7.11 Å². The van der Waals surface area contributed by atoms with E-state index in [9.17, 15) is 9.59 Å². The fourth-order valence-corrected chi connectivity index (χ4v) is 3.75. The molecule has 6 nitrogen and oxygen atoms in total. The molecule has 0 unspecified atom stereocenters. The third-order valence-electron chi connectivity index (χ3n) is 4.20. The van der Waals surface area contributed by atoms with Gasteiger partial charge in [0.25, 0.3) is 0 Å². The molecule has 0 radical (unpaired) electrons. The number of hydrogen-bond acceptors (Lipinski definition) is 5. The van der Waals surface area contributed by atoms with Crippen molar-refractivity contribution in [2.75, 3.05) is 26.0 Å². The summed E-state index contributed by atoms with van der Waals surface area (Å²) in [5.41, 5.74) is 1.95. The molecule has 2 aromatic rings. The van der Waals surface area contributed by atoms with Crippen molar-refractivity contribution in [3.63, 3.8) is 0 Å². The third kappa shape index (κ3) is 5.40. The number of amides is 2. The van der Waals surface area contributed by atoms with Crippen LogP contribution in [0.2, 0.25) is 0 Å². The number of hydrogen-bond donors (Lipinski definition) is 1. The van der Waals surface area contributed by atoms with E-state index in [2.05, 4.69) is 5.32 Å². The maximum Gasteiger partial charge on any atom is 0.407 e. The van der Waals surface area contributed by atoms with Gasteiger partial charge in [-0.1, -0.05) is 30.3 Å². The van der Waals surface area contributed by atoms with Crippen molar-refractivity contribution >= 4 is 23.8 Å². The Morgan fingerprint density at radius 1 is 1.19 bits per heavy atom. The molecule has 0 atom stereocenters. The summed E-state index contributed by atoms with van der Waals surface area (Å²) in [6.07, 6.45) is -0.599. The van der Waals surface area contributed by atoms with Crippen LogP contribution in [0.4, 0.5) is 4.79 Å². The Labute approximate surface area is 162 Å². The minimum absolute atomic E-state index is 0.0857. The normalized spacial score (nSPS) is 13.3. The van der Waals surface area contributed by atoms with Crippen molar-refractivity contribution in [2.45, 2.75) is 18.0 Å². The van der Waals surface area contributed by atoms with Crippen LogP contribution in [0, 0.1) is 0 Å². The Morgan fingerprint density at radius 2 is 2.00 bits per heavy atom. The first-order chi connectivity index (χ1) is 13.2. The number of ether oxygens (including phenoxy) is 2. The number of benzene rings is 2. The molecule has 0 saturated heterocycles. The maximum absolute atomic E-state index is 12.5. The number of fused-ring (bicyclic) bond motifs is 1. The van der Waals surface area contributed by atoms with Gasteiger partial charge < -0.3 is 19.7 Å². The van der Waals surface area contributed by atoms with Crippen LogP contribution in [0.5, 0.6) is 5.75 Å². The van der Waals surface area contributed by atoms with E-state index in [1.807, 2.05) is 48.5 Å². The Morgan fingerprint density at radius 3 is 2.78 bits per heavy atom. The Kier molecular flexibility index (Phi) is 6.59. The minimum atomic E-state index is -0.599. The first-order valence-corrected chi connectivity index (χ1v) is 9.66. The highest BCUT2D eigenvalue weighted by atomic mass is 32.2. The van der Waals surface area contributed by atoms with Crippen LogP contribution in [0.15, 0.2) is 53.4 Å². The fourth-order valence-electron chi connectivity index (χ4n) is 2.74. The molecule has 3 rings (SSSR count). The zero-order valence-electron chi connectivity index (χ0n) is 15.1. The second kappa shape index (κ2) is 9.32. The molecule has 2 aromatic carbocycles. The number of alkyl carbamates (subject to hydrolysis) is 1. The lowest BCUT2D eigenvalue weighted by atomic mass is 10.2. The predicted molar refractivity (Wildman–Crippen MR) is 104 cm³/mol. The average molecular weight is 386 g/mol. The molecule has 0 aliphatic carbocycles. The molecule has 0 bridgehead atoms. The molecule has 7 heteroatoms. The molecular formula is C20H22N2O4S. The van der Waals surface area contributed by atoms with Crippen molar-refractivity contribution in [3.8, 4) is 5.75 Å². The van der Waals surface area contributed by atoms with E-state index in [0.717, 1.165) is 27.5 Å². The molecular weight excluding hydrogens is 364 g/mol. The van der Waals surface area contributed by atoms with Crippen LogP contribution < -0.4 is 10.1 Å². The van der Waals surface area contributed by atoms with Gasteiger partial charge in [0, 0.05) is 23.7 Å². The summed E-state index contributed by atoms with van der Waals surface area (Å²) in [4.78, 5) is 27.2. The molecule has 1 N–H and O–H groups in total. The van der Waals surface area contributed by atoms with Gasteiger partial charge in [0.15, 0.2) is 0 Å². The van der Waals surface area contributed by atoms with Gasteiger partial charge in [0.1, 0.15) is 18.9 Å². The van der Waals surface area contributed by atoms with Gasteiger partial charge in [-0.3, -0.25) is 4.79 Å². The SMILES string of the molecule is COc1ccc2c(c1)CN(C(=O)CNC(=O)OCc1ccccc1)CCS2. The summed E-state index contributed by atoms with van der Waals surface area (Å²) >= 11 is 1.72. The van der Waals surface area contributed by atoms with Crippen molar-refractivity contribution in [3.05, 3.63) is 59.7 Å². The molecule has 0 fully saturated rings. The van der Waals surface area contributed by atoms with Gasteiger partial charge in [-0.25, -0.2) is 4.79 Å². The van der Waals surface area contributed by atoms with Crippen LogP contribution in [-0.2, 0) is 22.7 Å². The molecule has 1 heterocycles. The monoisotopic (exact) mass is 386 g/mol. The van der Waals surface area contributed by atoms with E-state index in [-0.39, 0.29) is 19.1 Å². The lowest BCUT2D eigenvalue weighted by Crippen LogP contribution is -2.40. The molecule has 1 aliphatic heterocycles. The lowest BCUT2D eigenvalue weighted by Gasteiger charge is -2.21. The first-order valence-electron chi connectivity index (χ1n) is 8.68. The van der Waals surface area contributed by atoms with Gasteiger partial charge in [-0.15, -0.1) is 11.8 Å². The van der Waals surface area contributed by atoms with Crippen LogP contribution >= 0.6 is 11.8 Å². The predicted octanol–water partition coefficient (Wildman–Crippen LogP) is 3.06. The molecule has 1 aliphatic rings. The van der Waals surface area contributed by atoms with Crippen LogP contribution in [-0.4, -0.2) is 42.9 Å². The molecule has 0 aromatic heterocycles. The Bertz CT molecular complexity index is 798. The molecule has 142 valence electrons. The topological polar surface area (TPSA) is 67.9 Å². The lowest BCUT2D eigenvalue weighted by molar-refractivity contribution is -0.130. The number of carbonyl (C=O) groups is 2.